The number of benzene rings is 2. The number of anilines is 1. The van der Waals surface area contributed by atoms with Crippen molar-refractivity contribution in [2.45, 2.75) is 45.9 Å². The zero-order chi connectivity index (χ0) is 29.9. The van der Waals surface area contributed by atoms with Gasteiger partial charge in [0.15, 0.2) is 11.2 Å². The Bertz CT molecular complexity index is 1510. The fraction of sp³-hybridized carbons (Fsp3) is 0.345. The monoisotopic (exact) mass is 578 g/mol. The van der Waals surface area contributed by atoms with Crippen LogP contribution in [-0.2, 0) is 43.7 Å². The number of carbonyl (C=O) groups excluding carboxylic acids is 2. The van der Waals surface area contributed by atoms with Crippen molar-refractivity contribution in [2.24, 2.45) is 5.92 Å². The Kier molecular flexibility index (Phi) is 10.6. The van der Waals surface area contributed by atoms with Crippen molar-refractivity contribution in [2.75, 3.05) is 18.9 Å². The Hall–Kier alpha value is -4.75. The van der Waals surface area contributed by atoms with Gasteiger partial charge in [-0.3, -0.25) is 14.3 Å². The molecular weight excluding hydrogens is 544 g/mol. The number of nitrogens with two attached hydrogens (primary N) is 1. The van der Waals surface area contributed by atoms with Gasteiger partial charge in [0.05, 0.1) is 19.5 Å². The molecule has 0 aliphatic heterocycles. The van der Waals surface area contributed by atoms with Gasteiger partial charge in [-0.05, 0) is 17.0 Å². The van der Waals surface area contributed by atoms with Gasteiger partial charge in [-0.2, -0.15) is 4.98 Å². The van der Waals surface area contributed by atoms with Gasteiger partial charge in [-0.15, -0.1) is 0 Å². The number of ether oxygens (including phenoxy) is 4. The lowest BCUT2D eigenvalue weighted by atomic mass is 10.1. The van der Waals surface area contributed by atoms with E-state index in [-0.39, 0.29) is 49.6 Å². The number of alkyl carbamates (subject to hydrolysis) is 1. The minimum Gasteiger partial charge on any atom is -0.461 e. The molecule has 0 fully saturated rings. The molecule has 0 bridgehead atoms. The highest BCUT2D eigenvalue weighted by molar-refractivity contribution is 5.81. The molecule has 2 atom stereocenters. The molecule has 4 rings (SSSR count). The number of rotatable bonds is 14. The van der Waals surface area contributed by atoms with Crippen LogP contribution in [0.2, 0.25) is 0 Å². The van der Waals surface area contributed by atoms with E-state index in [9.17, 15) is 14.4 Å². The number of carbonyl (C=O) groups is 2. The van der Waals surface area contributed by atoms with Crippen molar-refractivity contribution in [3.8, 4) is 0 Å². The summed E-state index contributed by atoms with van der Waals surface area (Å²) in [7, 11) is 0. The molecule has 0 aliphatic carbocycles. The van der Waals surface area contributed by atoms with Crippen LogP contribution in [0.4, 0.5) is 10.7 Å². The molecule has 4 aromatic rings. The van der Waals surface area contributed by atoms with Gasteiger partial charge >= 0.3 is 12.1 Å². The van der Waals surface area contributed by atoms with Crippen LogP contribution in [0.25, 0.3) is 11.2 Å². The molecule has 1 unspecified atom stereocenters. The summed E-state index contributed by atoms with van der Waals surface area (Å²) in [5.41, 5.74) is 7.35. The third-order valence-electron chi connectivity index (χ3n) is 6.18. The highest BCUT2D eigenvalue weighted by atomic mass is 16.6. The van der Waals surface area contributed by atoms with Gasteiger partial charge < -0.3 is 30.0 Å². The molecule has 13 heteroatoms. The lowest BCUT2D eigenvalue weighted by Crippen LogP contribution is -2.46. The summed E-state index contributed by atoms with van der Waals surface area (Å²) in [6, 6.07) is 17.8. The number of nitrogens with zero attached hydrogens (tertiary/aromatic N) is 3. The van der Waals surface area contributed by atoms with E-state index >= 15 is 0 Å². The first-order valence-corrected chi connectivity index (χ1v) is 13.4. The largest absolute Gasteiger partial charge is 0.461 e. The summed E-state index contributed by atoms with van der Waals surface area (Å²) in [4.78, 5) is 48.1. The van der Waals surface area contributed by atoms with Crippen molar-refractivity contribution < 1.29 is 28.5 Å². The summed E-state index contributed by atoms with van der Waals surface area (Å²) < 4.78 is 24.2. The zero-order valence-corrected chi connectivity index (χ0v) is 23.4. The maximum atomic E-state index is 13.0. The Morgan fingerprint density at radius 2 is 1.64 bits per heavy atom. The average Bonchev–Trinajstić information content (AvgIpc) is 3.39. The number of fused-ring (bicyclic) bond motifs is 1. The number of imidazole rings is 1. The van der Waals surface area contributed by atoms with Crippen LogP contribution < -0.4 is 16.6 Å². The number of aromatic amines is 1. The van der Waals surface area contributed by atoms with Crippen LogP contribution in [0.3, 0.4) is 0 Å². The molecule has 2 aromatic carbocycles. The first-order chi connectivity index (χ1) is 20.3. The summed E-state index contributed by atoms with van der Waals surface area (Å²) in [5, 5.41) is 2.59. The number of nitrogens with one attached hydrogen (secondary N) is 2. The topological polar surface area (TPSA) is 173 Å². The number of hydrogen-bond donors (Lipinski definition) is 3. The second-order valence-corrected chi connectivity index (χ2v) is 9.81. The quantitative estimate of drug-likeness (QED) is 0.189. The van der Waals surface area contributed by atoms with Gasteiger partial charge in [0.25, 0.3) is 5.56 Å². The maximum absolute atomic E-state index is 13.0. The lowest BCUT2D eigenvalue weighted by molar-refractivity contribution is -0.155. The molecule has 2 aromatic heterocycles. The molecule has 0 saturated carbocycles. The van der Waals surface area contributed by atoms with E-state index in [2.05, 4.69) is 20.3 Å². The SMILES string of the molecule is CC(C)[C@H](NC(=O)OCc1ccccc1)C(=O)OCC(COCc1ccccc1)OCn1cnc2c(=O)[nH]c(N)nc21. The fourth-order valence-electron chi connectivity index (χ4n) is 3.93. The van der Waals surface area contributed by atoms with Crippen molar-refractivity contribution in [1.82, 2.24) is 24.8 Å². The van der Waals surface area contributed by atoms with Gasteiger partial charge in [0, 0.05) is 0 Å². The molecule has 42 heavy (non-hydrogen) atoms. The van der Waals surface area contributed by atoms with Crippen LogP contribution in [0.15, 0.2) is 71.8 Å². The predicted molar refractivity (Wildman–Crippen MR) is 153 cm³/mol. The molecule has 13 nitrogen and oxygen atoms in total. The van der Waals surface area contributed by atoms with E-state index in [1.165, 1.54) is 10.9 Å². The lowest BCUT2D eigenvalue weighted by Gasteiger charge is -2.23. The number of esters is 1. The number of H-pyrrole nitrogens is 1. The van der Waals surface area contributed by atoms with Gasteiger partial charge in [-0.1, -0.05) is 74.5 Å². The first-order valence-electron chi connectivity index (χ1n) is 13.4. The van der Waals surface area contributed by atoms with E-state index < -0.39 is 29.8 Å². The van der Waals surface area contributed by atoms with Crippen LogP contribution in [-0.4, -0.2) is 56.9 Å². The van der Waals surface area contributed by atoms with Crippen molar-refractivity contribution in [3.63, 3.8) is 0 Å². The molecular formula is C29H34N6O7. The Balaban J connectivity index is 1.36. The minimum atomic E-state index is -0.948. The molecule has 222 valence electrons. The molecule has 1 amide bonds. The zero-order valence-electron chi connectivity index (χ0n) is 23.4. The van der Waals surface area contributed by atoms with Crippen LogP contribution in [0.5, 0.6) is 0 Å². The number of nitrogen functional groups attached to an aromatic ring is 1. The van der Waals surface area contributed by atoms with Crippen molar-refractivity contribution >= 4 is 29.2 Å². The molecule has 0 spiro atoms. The second kappa shape index (κ2) is 14.8. The summed E-state index contributed by atoms with van der Waals surface area (Å²) >= 11 is 0. The number of aromatic nitrogens is 4. The van der Waals surface area contributed by atoms with E-state index in [0.717, 1.165) is 11.1 Å². The van der Waals surface area contributed by atoms with Gasteiger partial charge in [0.1, 0.15) is 32.1 Å². The molecule has 2 heterocycles. The molecule has 4 N–H and O–H groups in total. The Morgan fingerprint density at radius 1 is 0.976 bits per heavy atom. The van der Waals surface area contributed by atoms with E-state index in [1.54, 1.807) is 13.8 Å². The van der Waals surface area contributed by atoms with Crippen molar-refractivity contribution in [1.29, 1.82) is 0 Å². The van der Waals surface area contributed by atoms with Crippen molar-refractivity contribution in [3.05, 3.63) is 88.5 Å². The van der Waals surface area contributed by atoms with E-state index in [1.807, 2.05) is 60.7 Å². The summed E-state index contributed by atoms with van der Waals surface area (Å²) in [6.07, 6.45) is -0.0328. The van der Waals surface area contributed by atoms with Crippen LogP contribution >= 0.6 is 0 Å². The van der Waals surface area contributed by atoms with Crippen LogP contribution in [0.1, 0.15) is 25.0 Å². The Morgan fingerprint density at radius 3 is 2.31 bits per heavy atom. The second-order valence-electron chi connectivity index (χ2n) is 9.81. The number of amides is 1. The van der Waals surface area contributed by atoms with E-state index in [4.69, 9.17) is 24.7 Å². The summed E-state index contributed by atoms with van der Waals surface area (Å²) in [6.45, 7) is 3.80. The van der Waals surface area contributed by atoms with E-state index in [0.29, 0.717) is 6.61 Å². The molecule has 0 radical (unpaired) electrons. The maximum Gasteiger partial charge on any atom is 0.408 e. The van der Waals surface area contributed by atoms with Gasteiger partial charge in [0.2, 0.25) is 5.95 Å². The smallest absolute Gasteiger partial charge is 0.408 e. The minimum absolute atomic E-state index is 0.0551. The number of hydrogen-bond acceptors (Lipinski definition) is 10. The highest BCUT2D eigenvalue weighted by Crippen LogP contribution is 2.11. The Labute approximate surface area is 242 Å². The third kappa shape index (κ3) is 8.62. The standard InChI is InChI=1S/C29H34N6O7/c1-19(2)23(32-29(38)41-14-21-11-7-4-8-12-21)27(37)40-16-22(15-39-13-20-9-5-3-6-10-20)42-18-35-17-31-24-25(35)33-28(30)34-26(24)36/h3-12,17,19,22-23H,13-16,18H2,1-2H3,(H,32,38)(H3,30,33,34,36)/t22?,23-/m0/s1. The average molecular weight is 579 g/mol. The first kappa shape index (κ1) is 30.2. The highest BCUT2D eigenvalue weighted by Gasteiger charge is 2.27. The summed E-state index contributed by atoms with van der Waals surface area (Å²) in [5.74, 6) is -0.977. The third-order valence-corrected chi connectivity index (χ3v) is 6.18. The van der Waals surface area contributed by atoms with Crippen LogP contribution in [0, 0.1) is 5.92 Å². The molecule has 0 aliphatic rings. The fourth-order valence-corrected chi connectivity index (χ4v) is 3.93. The predicted octanol–water partition coefficient (Wildman–Crippen LogP) is 2.76. The molecule has 0 saturated heterocycles. The normalized spacial score (nSPS) is 12.6. The van der Waals surface area contributed by atoms with Gasteiger partial charge in [-0.25, -0.2) is 14.6 Å².